The minimum Gasteiger partial charge on any atom is -0.480 e. The fourth-order valence-electron chi connectivity index (χ4n) is 1.25. The number of amides is 1. The number of ether oxygens (including phenoxy) is 1. The Morgan fingerprint density at radius 2 is 2.26 bits per heavy atom. The lowest BCUT2D eigenvalue weighted by Gasteiger charge is -2.12. The third kappa shape index (κ3) is 5.00. The smallest absolute Gasteiger partial charge is 0.326 e. The van der Waals surface area contributed by atoms with Crippen LogP contribution in [-0.2, 0) is 14.3 Å². The number of aromatic nitrogens is 2. The topological polar surface area (TPSA) is 118 Å². The van der Waals surface area contributed by atoms with Crippen molar-refractivity contribution in [3.63, 3.8) is 0 Å². The molecule has 0 saturated carbocycles. The molecule has 8 nitrogen and oxygen atoms in total. The van der Waals surface area contributed by atoms with Gasteiger partial charge in [-0.1, -0.05) is 4.49 Å². The molecule has 9 heteroatoms. The van der Waals surface area contributed by atoms with Crippen molar-refractivity contribution in [1.29, 1.82) is 0 Å². The van der Waals surface area contributed by atoms with Crippen LogP contribution in [0.5, 0.6) is 0 Å². The molecule has 0 radical (unpaired) electrons. The molecule has 104 valence electrons. The number of nitrogens with one attached hydrogen (secondary N) is 1. The zero-order valence-corrected chi connectivity index (χ0v) is 11.0. The Balaban J connectivity index is 2.51. The monoisotopic (exact) mass is 287 g/mol. The maximum absolute atomic E-state index is 11.6. The van der Waals surface area contributed by atoms with E-state index in [1.54, 1.807) is 6.92 Å². The number of carbonyl (C=O) groups is 3. The zero-order chi connectivity index (χ0) is 14.3. The summed E-state index contributed by atoms with van der Waals surface area (Å²) in [7, 11) is 0. The molecule has 1 aromatic rings. The molecule has 0 fully saturated rings. The number of hydrogen-bond acceptors (Lipinski definition) is 7. The maximum atomic E-state index is 11.6. The van der Waals surface area contributed by atoms with Gasteiger partial charge in [0.15, 0.2) is 0 Å². The first-order valence-electron chi connectivity index (χ1n) is 5.51. The lowest BCUT2D eigenvalue weighted by molar-refractivity contribution is -0.144. The third-order valence-electron chi connectivity index (χ3n) is 2.13. The third-order valence-corrected chi connectivity index (χ3v) is 2.79. The Labute approximate surface area is 112 Å². The first-order chi connectivity index (χ1) is 9.04. The second kappa shape index (κ2) is 7.41. The van der Waals surface area contributed by atoms with Crippen LogP contribution in [0.4, 0.5) is 0 Å². The molecular formula is C10H13N3O5S. The van der Waals surface area contributed by atoms with Gasteiger partial charge in [0.25, 0.3) is 5.91 Å². The van der Waals surface area contributed by atoms with Gasteiger partial charge in [0.2, 0.25) is 0 Å². The quantitative estimate of drug-likeness (QED) is 0.681. The van der Waals surface area contributed by atoms with Crippen LogP contribution >= 0.6 is 11.5 Å². The summed E-state index contributed by atoms with van der Waals surface area (Å²) in [5.41, 5.74) is 0. The van der Waals surface area contributed by atoms with Gasteiger partial charge >= 0.3 is 11.9 Å². The van der Waals surface area contributed by atoms with Crippen LogP contribution < -0.4 is 5.32 Å². The lowest BCUT2D eigenvalue weighted by atomic mass is 10.1. The van der Waals surface area contributed by atoms with Gasteiger partial charge < -0.3 is 15.2 Å². The molecule has 1 amide bonds. The van der Waals surface area contributed by atoms with Crippen LogP contribution in [0.1, 0.15) is 29.4 Å². The summed E-state index contributed by atoms with van der Waals surface area (Å²) in [6, 6.07) is -1.15. The standard InChI is InChI=1S/C10H13N3O5S/c1-2-18-8(14)4-3-6(10(16)17)12-9(15)7-5-11-13-19-7/h5-6H,2-4H2,1H3,(H,12,15)(H,16,17)/t6-/m0/s1. The van der Waals surface area contributed by atoms with Gasteiger partial charge in [-0.15, -0.1) is 5.10 Å². The van der Waals surface area contributed by atoms with Gasteiger partial charge in [0.05, 0.1) is 12.8 Å². The van der Waals surface area contributed by atoms with Gasteiger partial charge in [-0.2, -0.15) is 0 Å². The van der Waals surface area contributed by atoms with E-state index in [0.717, 1.165) is 11.5 Å². The number of carbonyl (C=O) groups excluding carboxylic acids is 2. The molecule has 0 spiro atoms. The summed E-state index contributed by atoms with van der Waals surface area (Å²) >= 11 is 0.860. The first kappa shape index (κ1) is 15.0. The number of aliphatic carboxylic acids is 1. The highest BCUT2D eigenvalue weighted by molar-refractivity contribution is 7.07. The highest BCUT2D eigenvalue weighted by atomic mass is 32.1. The molecule has 0 aromatic carbocycles. The molecule has 0 unspecified atom stereocenters. The van der Waals surface area contributed by atoms with Crippen molar-refractivity contribution in [3.8, 4) is 0 Å². The van der Waals surface area contributed by atoms with Crippen molar-refractivity contribution in [2.45, 2.75) is 25.8 Å². The lowest BCUT2D eigenvalue weighted by Crippen LogP contribution is -2.40. The Morgan fingerprint density at radius 1 is 1.53 bits per heavy atom. The molecule has 2 N–H and O–H groups in total. The van der Waals surface area contributed by atoms with Gasteiger partial charge in [-0.25, -0.2) is 4.79 Å². The molecule has 1 heterocycles. The average molecular weight is 287 g/mol. The summed E-state index contributed by atoms with van der Waals surface area (Å²) in [5.74, 6) is -2.29. The van der Waals surface area contributed by atoms with Crippen LogP contribution in [0, 0.1) is 0 Å². The predicted octanol–water partition coefficient (Wildman–Crippen LogP) is 0.0644. The summed E-state index contributed by atoms with van der Waals surface area (Å²) < 4.78 is 8.19. The Kier molecular flexibility index (Phi) is 5.86. The molecule has 0 saturated heterocycles. The van der Waals surface area contributed by atoms with Crippen LogP contribution in [0.25, 0.3) is 0 Å². The summed E-state index contributed by atoms with van der Waals surface area (Å²) in [5, 5.41) is 14.7. The maximum Gasteiger partial charge on any atom is 0.326 e. The number of rotatable bonds is 7. The molecule has 1 aromatic heterocycles. The van der Waals surface area contributed by atoms with Crippen molar-refractivity contribution in [1.82, 2.24) is 14.9 Å². The molecule has 1 rings (SSSR count). The van der Waals surface area contributed by atoms with Crippen molar-refractivity contribution >= 4 is 29.4 Å². The van der Waals surface area contributed by atoms with Gasteiger partial charge in [-0.05, 0) is 24.9 Å². The van der Waals surface area contributed by atoms with E-state index < -0.39 is 23.9 Å². The van der Waals surface area contributed by atoms with E-state index in [1.807, 2.05) is 0 Å². The van der Waals surface area contributed by atoms with Crippen molar-refractivity contribution in [2.75, 3.05) is 6.61 Å². The Hall–Kier alpha value is -2.03. The van der Waals surface area contributed by atoms with Gasteiger partial charge in [0.1, 0.15) is 10.9 Å². The minimum atomic E-state index is -1.21. The normalized spacial score (nSPS) is 11.6. The highest BCUT2D eigenvalue weighted by Gasteiger charge is 2.22. The van der Waals surface area contributed by atoms with Crippen molar-refractivity contribution < 1.29 is 24.2 Å². The summed E-state index contributed by atoms with van der Waals surface area (Å²) in [6.45, 7) is 1.89. The van der Waals surface area contributed by atoms with E-state index in [4.69, 9.17) is 5.11 Å². The number of carboxylic acids is 1. The second-order valence-corrected chi connectivity index (χ2v) is 4.28. The van der Waals surface area contributed by atoms with E-state index >= 15 is 0 Å². The van der Waals surface area contributed by atoms with E-state index in [-0.39, 0.29) is 24.3 Å². The number of nitrogens with zero attached hydrogens (tertiary/aromatic N) is 2. The molecule has 0 aliphatic heterocycles. The van der Waals surface area contributed by atoms with E-state index in [0.29, 0.717) is 0 Å². The molecule has 1 atom stereocenters. The number of hydrogen-bond donors (Lipinski definition) is 2. The van der Waals surface area contributed by atoms with Crippen LogP contribution in [0.3, 0.4) is 0 Å². The Bertz CT molecular complexity index is 448. The summed E-state index contributed by atoms with van der Waals surface area (Å²) in [6.07, 6.45) is 1.13. The number of carboxylic acid groups (broad SMARTS) is 1. The zero-order valence-electron chi connectivity index (χ0n) is 10.2. The van der Waals surface area contributed by atoms with E-state index in [2.05, 4.69) is 19.6 Å². The SMILES string of the molecule is CCOC(=O)CC[C@H](NC(=O)c1cnns1)C(=O)O. The molecule has 0 bridgehead atoms. The average Bonchev–Trinajstić information content (AvgIpc) is 2.88. The van der Waals surface area contributed by atoms with Crippen LogP contribution in [0.2, 0.25) is 0 Å². The first-order valence-corrected chi connectivity index (χ1v) is 6.28. The van der Waals surface area contributed by atoms with Gasteiger partial charge in [-0.3, -0.25) is 9.59 Å². The van der Waals surface area contributed by atoms with Crippen molar-refractivity contribution in [3.05, 3.63) is 11.1 Å². The number of esters is 1. The van der Waals surface area contributed by atoms with Crippen LogP contribution in [-0.4, -0.2) is 45.2 Å². The fraction of sp³-hybridized carbons (Fsp3) is 0.500. The second-order valence-electron chi connectivity index (χ2n) is 3.49. The molecular weight excluding hydrogens is 274 g/mol. The van der Waals surface area contributed by atoms with Crippen molar-refractivity contribution in [2.24, 2.45) is 0 Å². The molecule has 19 heavy (non-hydrogen) atoms. The van der Waals surface area contributed by atoms with Crippen LogP contribution in [0.15, 0.2) is 6.20 Å². The van der Waals surface area contributed by atoms with E-state index in [9.17, 15) is 14.4 Å². The Morgan fingerprint density at radius 3 is 2.79 bits per heavy atom. The fourth-order valence-corrected chi connectivity index (χ4v) is 1.67. The van der Waals surface area contributed by atoms with Gasteiger partial charge in [0, 0.05) is 6.42 Å². The molecule has 0 aliphatic carbocycles. The molecule has 0 aliphatic rings. The highest BCUT2D eigenvalue weighted by Crippen LogP contribution is 2.05. The van der Waals surface area contributed by atoms with E-state index in [1.165, 1.54) is 6.20 Å². The minimum absolute atomic E-state index is 0.0356. The predicted molar refractivity (Wildman–Crippen MR) is 64.7 cm³/mol. The largest absolute Gasteiger partial charge is 0.480 e. The summed E-state index contributed by atoms with van der Waals surface area (Å²) in [4.78, 5) is 34.0.